The van der Waals surface area contributed by atoms with Crippen molar-refractivity contribution in [3.63, 3.8) is 0 Å². The highest BCUT2D eigenvalue weighted by molar-refractivity contribution is 7.09. The molecule has 0 radical (unpaired) electrons. The summed E-state index contributed by atoms with van der Waals surface area (Å²) in [4.78, 5) is 27.4. The third-order valence-electron chi connectivity index (χ3n) is 2.92. The quantitative estimate of drug-likeness (QED) is 0.853. The van der Waals surface area contributed by atoms with Crippen LogP contribution in [0.3, 0.4) is 0 Å². The lowest BCUT2D eigenvalue weighted by atomic mass is 10.1. The van der Waals surface area contributed by atoms with Crippen LogP contribution in [0.4, 0.5) is 0 Å². The molecule has 1 heterocycles. The maximum absolute atomic E-state index is 11.9. The Labute approximate surface area is 126 Å². The standard InChI is InChI=1S/C15H16N2O3S/c1-10-16-12(9-21-10)8-14(18)17-13(15(19)20)7-11-5-3-2-4-6-11/h2-6,9,13H,7-8H2,1H3,(H,17,18)(H,19,20)/t13-/m1/s1. The number of nitrogens with one attached hydrogen (secondary N) is 1. The summed E-state index contributed by atoms with van der Waals surface area (Å²) in [5, 5.41) is 14.5. The van der Waals surface area contributed by atoms with E-state index in [1.807, 2.05) is 42.6 Å². The Balaban J connectivity index is 1.96. The molecule has 1 aromatic heterocycles. The lowest BCUT2D eigenvalue weighted by Crippen LogP contribution is -2.43. The second-order valence-corrected chi connectivity index (χ2v) is 5.74. The highest BCUT2D eigenvalue weighted by Crippen LogP contribution is 2.09. The molecule has 6 heteroatoms. The number of carbonyl (C=O) groups is 2. The zero-order chi connectivity index (χ0) is 15.2. The predicted octanol–water partition coefficient (Wildman–Crippen LogP) is 1.81. The highest BCUT2D eigenvalue weighted by Gasteiger charge is 2.20. The van der Waals surface area contributed by atoms with Gasteiger partial charge in [-0.25, -0.2) is 9.78 Å². The average molecular weight is 304 g/mol. The summed E-state index contributed by atoms with van der Waals surface area (Å²) in [6, 6.07) is 8.29. The van der Waals surface area contributed by atoms with Gasteiger partial charge in [-0.3, -0.25) is 4.79 Å². The number of carboxylic acid groups (broad SMARTS) is 1. The minimum atomic E-state index is -1.04. The van der Waals surface area contributed by atoms with Gasteiger partial charge in [0.15, 0.2) is 0 Å². The van der Waals surface area contributed by atoms with Crippen molar-refractivity contribution in [1.29, 1.82) is 0 Å². The third kappa shape index (κ3) is 4.68. The van der Waals surface area contributed by atoms with Crippen LogP contribution in [0.5, 0.6) is 0 Å². The molecule has 0 aliphatic rings. The topological polar surface area (TPSA) is 79.3 Å². The molecule has 0 aliphatic carbocycles. The Morgan fingerprint density at radius 2 is 2.05 bits per heavy atom. The van der Waals surface area contributed by atoms with Gasteiger partial charge < -0.3 is 10.4 Å². The minimum Gasteiger partial charge on any atom is -0.480 e. The van der Waals surface area contributed by atoms with E-state index < -0.39 is 12.0 Å². The number of aryl methyl sites for hydroxylation is 1. The second kappa shape index (κ2) is 6.99. The van der Waals surface area contributed by atoms with Crippen molar-refractivity contribution in [2.45, 2.75) is 25.8 Å². The van der Waals surface area contributed by atoms with Gasteiger partial charge in [0.05, 0.1) is 17.1 Å². The molecule has 110 valence electrons. The van der Waals surface area contributed by atoms with Crippen molar-refractivity contribution in [2.24, 2.45) is 0 Å². The molecule has 21 heavy (non-hydrogen) atoms. The number of benzene rings is 1. The monoisotopic (exact) mass is 304 g/mol. The zero-order valence-electron chi connectivity index (χ0n) is 11.6. The van der Waals surface area contributed by atoms with Crippen LogP contribution in [0.2, 0.25) is 0 Å². The summed E-state index contributed by atoms with van der Waals surface area (Å²) < 4.78 is 0. The highest BCUT2D eigenvalue weighted by atomic mass is 32.1. The first-order valence-corrected chi connectivity index (χ1v) is 7.39. The van der Waals surface area contributed by atoms with Gasteiger partial charge in [-0.2, -0.15) is 0 Å². The van der Waals surface area contributed by atoms with E-state index in [4.69, 9.17) is 0 Å². The summed E-state index contributed by atoms with van der Waals surface area (Å²) in [5.41, 5.74) is 1.54. The minimum absolute atomic E-state index is 0.100. The molecule has 2 aromatic rings. The smallest absolute Gasteiger partial charge is 0.326 e. The van der Waals surface area contributed by atoms with Gasteiger partial charge in [-0.15, -0.1) is 11.3 Å². The summed E-state index contributed by atoms with van der Waals surface area (Å²) in [6.45, 7) is 1.86. The Hall–Kier alpha value is -2.21. The largest absolute Gasteiger partial charge is 0.480 e. The molecule has 1 atom stereocenters. The molecular weight excluding hydrogens is 288 g/mol. The van der Waals surface area contributed by atoms with Gasteiger partial charge in [0.2, 0.25) is 5.91 Å². The fourth-order valence-corrected chi connectivity index (χ4v) is 2.56. The summed E-state index contributed by atoms with van der Waals surface area (Å²) >= 11 is 1.47. The van der Waals surface area contributed by atoms with Crippen LogP contribution in [0, 0.1) is 6.92 Å². The van der Waals surface area contributed by atoms with Crippen LogP contribution >= 0.6 is 11.3 Å². The average Bonchev–Trinajstić information content (AvgIpc) is 2.84. The number of carbonyl (C=O) groups excluding carboxylic acids is 1. The first kappa shape index (κ1) is 15.2. The number of aromatic nitrogens is 1. The molecule has 1 amide bonds. The normalized spacial score (nSPS) is 11.9. The molecule has 0 spiro atoms. The molecule has 0 aliphatic heterocycles. The number of hydrogen-bond donors (Lipinski definition) is 2. The molecule has 0 fully saturated rings. The first-order chi connectivity index (χ1) is 10.0. The van der Waals surface area contributed by atoms with E-state index in [-0.39, 0.29) is 18.7 Å². The van der Waals surface area contributed by atoms with Gasteiger partial charge in [-0.1, -0.05) is 30.3 Å². The van der Waals surface area contributed by atoms with E-state index in [9.17, 15) is 14.7 Å². The van der Waals surface area contributed by atoms with E-state index in [1.165, 1.54) is 11.3 Å². The van der Waals surface area contributed by atoms with Crippen molar-refractivity contribution in [3.8, 4) is 0 Å². The molecule has 5 nitrogen and oxygen atoms in total. The Morgan fingerprint density at radius 1 is 1.33 bits per heavy atom. The lowest BCUT2D eigenvalue weighted by Gasteiger charge is -2.14. The van der Waals surface area contributed by atoms with Gasteiger partial charge in [0.25, 0.3) is 0 Å². The van der Waals surface area contributed by atoms with Gasteiger partial charge in [0, 0.05) is 11.8 Å². The number of rotatable bonds is 6. The van der Waals surface area contributed by atoms with Crippen molar-refractivity contribution in [1.82, 2.24) is 10.3 Å². The molecular formula is C15H16N2O3S. The number of carboxylic acids is 1. The molecule has 0 unspecified atom stereocenters. The lowest BCUT2D eigenvalue weighted by molar-refractivity contribution is -0.141. The van der Waals surface area contributed by atoms with E-state index in [1.54, 1.807) is 0 Å². The molecule has 1 aromatic carbocycles. The summed E-state index contributed by atoms with van der Waals surface area (Å²) in [7, 11) is 0. The number of aliphatic carboxylic acids is 1. The fourth-order valence-electron chi connectivity index (χ4n) is 1.95. The van der Waals surface area contributed by atoms with Gasteiger partial charge in [0.1, 0.15) is 6.04 Å². The SMILES string of the molecule is Cc1nc(CC(=O)N[C@H](Cc2ccccc2)C(=O)O)cs1. The zero-order valence-corrected chi connectivity index (χ0v) is 12.4. The van der Waals surface area contributed by atoms with E-state index >= 15 is 0 Å². The maximum Gasteiger partial charge on any atom is 0.326 e. The summed E-state index contributed by atoms with van der Waals surface area (Å²) in [6.07, 6.45) is 0.362. The van der Waals surface area contributed by atoms with Crippen LogP contribution < -0.4 is 5.32 Å². The molecule has 0 saturated heterocycles. The van der Waals surface area contributed by atoms with Crippen molar-refractivity contribution >= 4 is 23.2 Å². The van der Waals surface area contributed by atoms with Gasteiger partial charge >= 0.3 is 5.97 Å². The molecule has 2 rings (SSSR count). The number of thiazole rings is 1. The molecule has 0 saturated carbocycles. The van der Waals surface area contributed by atoms with Gasteiger partial charge in [-0.05, 0) is 12.5 Å². The first-order valence-electron chi connectivity index (χ1n) is 6.51. The van der Waals surface area contributed by atoms with Crippen LogP contribution in [0.15, 0.2) is 35.7 Å². The van der Waals surface area contributed by atoms with E-state index in [2.05, 4.69) is 10.3 Å². The number of hydrogen-bond acceptors (Lipinski definition) is 4. The van der Waals surface area contributed by atoms with Crippen molar-refractivity contribution in [3.05, 3.63) is 52.0 Å². The fraction of sp³-hybridized carbons (Fsp3) is 0.267. The Morgan fingerprint density at radius 3 is 2.62 bits per heavy atom. The maximum atomic E-state index is 11.9. The predicted molar refractivity (Wildman–Crippen MR) is 80.3 cm³/mol. The molecule has 0 bridgehead atoms. The number of amides is 1. The van der Waals surface area contributed by atoms with Crippen LogP contribution in [0.25, 0.3) is 0 Å². The van der Waals surface area contributed by atoms with Crippen molar-refractivity contribution < 1.29 is 14.7 Å². The van der Waals surface area contributed by atoms with Crippen LogP contribution in [0.1, 0.15) is 16.3 Å². The second-order valence-electron chi connectivity index (χ2n) is 4.68. The number of nitrogens with zero attached hydrogens (tertiary/aromatic N) is 1. The molecule has 2 N–H and O–H groups in total. The Bertz CT molecular complexity index is 625. The van der Waals surface area contributed by atoms with Crippen molar-refractivity contribution in [2.75, 3.05) is 0 Å². The van der Waals surface area contributed by atoms with Crippen LogP contribution in [-0.4, -0.2) is 28.0 Å². The van der Waals surface area contributed by atoms with E-state index in [0.29, 0.717) is 5.69 Å². The van der Waals surface area contributed by atoms with Crippen LogP contribution in [-0.2, 0) is 22.4 Å². The van der Waals surface area contributed by atoms with E-state index in [0.717, 1.165) is 10.6 Å². The Kier molecular flexibility index (Phi) is 5.05. The third-order valence-corrected chi connectivity index (χ3v) is 3.75. The summed E-state index contributed by atoms with van der Waals surface area (Å²) in [5.74, 6) is -1.37.